The van der Waals surface area contributed by atoms with Gasteiger partial charge in [-0.15, -0.1) is 0 Å². The highest BCUT2D eigenvalue weighted by molar-refractivity contribution is 7.89. The van der Waals surface area contributed by atoms with E-state index in [1.807, 2.05) is 12.1 Å². The minimum Gasteiger partial charge on any atom is -0.368 e. The number of fused-ring (bicyclic) bond motifs is 1. The van der Waals surface area contributed by atoms with Gasteiger partial charge >= 0.3 is 0 Å². The Kier molecular flexibility index (Phi) is 6.23. The molecule has 0 radical (unpaired) electrons. The highest BCUT2D eigenvalue weighted by Crippen LogP contribution is 2.47. The van der Waals surface area contributed by atoms with Gasteiger partial charge in [-0.2, -0.15) is 0 Å². The van der Waals surface area contributed by atoms with Crippen molar-refractivity contribution in [3.8, 4) is 0 Å². The fourth-order valence-electron chi connectivity index (χ4n) is 4.74. The summed E-state index contributed by atoms with van der Waals surface area (Å²) in [5, 5.41) is 3.52. The van der Waals surface area contributed by atoms with Crippen LogP contribution < -0.4 is 11.1 Å². The van der Waals surface area contributed by atoms with Crippen LogP contribution >= 0.6 is 11.6 Å². The molecule has 3 amide bonds. The first kappa shape index (κ1) is 25.0. The number of benzene rings is 1. The standard InChI is InChI=1S/C25H30ClN5O4S/c1-24(2,23(27)34)36(35)25(9-10-25)14-30-11-12-31-19(22(30)33)18(16-5-6-16)29-20(31)21(32)28-13-15-3-7-17(26)8-4-15/h3-4,7-8,16H,5-6,9-14H2,1-2H3,(H2,27,34)(H,28,32). The maximum Gasteiger partial charge on any atom is 0.287 e. The molecule has 1 aromatic heterocycles. The number of hydrogen-bond acceptors (Lipinski definition) is 5. The van der Waals surface area contributed by atoms with E-state index in [0.717, 1.165) is 18.4 Å². The van der Waals surface area contributed by atoms with E-state index in [2.05, 4.69) is 10.3 Å². The minimum atomic E-state index is -1.52. The lowest BCUT2D eigenvalue weighted by Gasteiger charge is -2.34. The van der Waals surface area contributed by atoms with Gasteiger partial charge in [0.25, 0.3) is 11.8 Å². The molecular formula is C25H30ClN5O4S. The zero-order valence-electron chi connectivity index (χ0n) is 20.4. The van der Waals surface area contributed by atoms with E-state index in [4.69, 9.17) is 17.3 Å². The number of imidazole rings is 1. The topological polar surface area (TPSA) is 127 Å². The van der Waals surface area contributed by atoms with Crippen LogP contribution in [0, 0.1) is 0 Å². The van der Waals surface area contributed by atoms with Crippen molar-refractivity contribution in [1.82, 2.24) is 19.8 Å². The number of halogens is 1. The second-order valence-corrected chi connectivity index (χ2v) is 13.3. The molecule has 3 N–H and O–H groups in total. The van der Waals surface area contributed by atoms with Crippen LogP contribution in [0.25, 0.3) is 0 Å². The number of hydrogen-bond donors (Lipinski definition) is 2. The lowest BCUT2D eigenvalue weighted by atomic mass is 10.1. The lowest BCUT2D eigenvalue weighted by molar-refractivity contribution is -0.119. The summed E-state index contributed by atoms with van der Waals surface area (Å²) in [7, 11) is -1.52. The summed E-state index contributed by atoms with van der Waals surface area (Å²) in [6, 6.07) is 7.22. The molecule has 0 spiro atoms. The molecule has 9 nitrogen and oxygen atoms in total. The van der Waals surface area contributed by atoms with Crippen molar-refractivity contribution < 1.29 is 18.6 Å². The number of nitrogens with one attached hydrogen (secondary N) is 1. The Morgan fingerprint density at radius 1 is 1.22 bits per heavy atom. The van der Waals surface area contributed by atoms with Gasteiger partial charge in [0, 0.05) is 47.9 Å². The number of amides is 3. The maximum atomic E-state index is 13.7. The molecule has 0 bridgehead atoms. The van der Waals surface area contributed by atoms with E-state index in [1.54, 1.807) is 35.4 Å². The van der Waals surface area contributed by atoms with E-state index < -0.39 is 26.2 Å². The molecule has 2 aromatic rings. The molecule has 2 heterocycles. The summed E-state index contributed by atoms with van der Waals surface area (Å²) in [6.07, 6.45) is 3.22. The van der Waals surface area contributed by atoms with Gasteiger partial charge in [-0.25, -0.2) is 4.98 Å². The van der Waals surface area contributed by atoms with Crippen LogP contribution in [0.3, 0.4) is 0 Å². The summed E-state index contributed by atoms with van der Waals surface area (Å²) in [6.45, 7) is 4.60. The molecule has 36 heavy (non-hydrogen) atoms. The average molecular weight is 532 g/mol. The number of aromatic nitrogens is 2. The molecule has 2 saturated carbocycles. The molecule has 1 atom stereocenters. The summed E-state index contributed by atoms with van der Waals surface area (Å²) < 4.78 is 13.2. The summed E-state index contributed by atoms with van der Waals surface area (Å²) in [5.41, 5.74) is 7.54. The van der Waals surface area contributed by atoms with Crippen LogP contribution in [0.1, 0.15) is 77.8 Å². The lowest BCUT2D eigenvalue weighted by Crippen LogP contribution is -2.52. The van der Waals surface area contributed by atoms with E-state index in [1.165, 1.54) is 0 Å². The Morgan fingerprint density at radius 3 is 2.47 bits per heavy atom. The van der Waals surface area contributed by atoms with Crippen molar-refractivity contribution in [2.24, 2.45) is 5.73 Å². The smallest absolute Gasteiger partial charge is 0.287 e. The van der Waals surface area contributed by atoms with Crippen molar-refractivity contribution in [2.45, 2.75) is 68.0 Å². The number of carbonyl (C=O) groups is 3. The molecule has 3 aliphatic rings. The van der Waals surface area contributed by atoms with Crippen molar-refractivity contribution in [1.29, 1.82) is 0 Å². The summed E-state index contributed by atoms with van der Waals surface area (Å²) in [4.78, 5) is 45.0. The molecule has 2 fully saturated rings. The highest BCUT2D eigenvalue weighted by Gasteiger charge is 2.56. The second kappa shape index (κ2) is 8.99. The Labute approximate surface area is 217 Å². The Hall–Kier alpha value is -2.72. The molecule has 5 rings (SSSR count). The zero-order chi connectivity index (χ0) is 25.8. The first-order valence-corrected chi connectivity index (χ1v) is 13.7. The monoisotopic (exact) mass is 531 g/mol. The van der Waals surface area contributed by atoms with E-state index >= 15 is 0 Å². The van der Waals surface area contributed by atoms with Crippen molar-refractivity contribution in [3.05, 3.63) is 52.1 Å². The summed E-state index contributed by atoms with van der Waals surface area (Å²) >= 11 is 5.94. The van der Waals surface area contributed by atoms with E-state index in [0.29, 0.717) is 55.4 Å². The summed E-state index contributed by atoms with van der Waals surface area (Å²) in [5.74, 6) is -0.727. The first-order valence-electron chi connectivity index (χ1n) is 12.2. The van der Waals surface area contributed by atoms with Crippen molar-refractivity contribution in [3.63, 3.8) is 0 Å². The van der Waals surface area contributed by atoms with Crippen LogP contribution in [0.5, 0.6) is 0 Å². The van der Waals surface area contributed by atoms with Gasteiger partial charge in [0.15, 0.2) is 5.82 Å². The van der Waals surface area contributed by atoms with Gasteiger partial charge in [-0.3, -0.25) is 18.6 Å². The largest absolute Gasteiger partial charge is 0.368 e. The molecule has 1 unspecified atom stereocenters. The Balaban J connectivity index is 1.36. The molecule has 1 aliphatic heterocycles. The third kappa shape index (κ3) is 4.45. The van der Waals surface area contributed by atoms with Crippen LogP contribution in [0.15, 0.2) is 24.3 Å². The molecule has 192 valence electrons. The highest BCUT2D eigenvalue weighted by atomic mass is 35.5. The van der Waals surface area contributed by atoms with Gasteiger partial charge in [-0.1, -0.05) is 23.7 Å². The predicted octanol–water partition coefficient (Wildman–Crippen LogP) is 2.34. The van der Waals surface area contributed by atoms with E-state index in [-0.39, 0.29) is 23.6 Å². The van der Waals surface area contributed by atoms with Crippen LogP contribution in [-0.4, -0.2) is 59.0 Å². The quantitative estimate of drug-likeness (QED) is 0.513. The van der Waals surface area contributed by atoms with Crippen LogP contribution in [0.4, 0.5) is 0 Å². The fraction of sp³-hybridized carbons (Fsp3) is 0.520. The number of carbonyl (C=O) groups excluding carboxylic acids is 3. The Bertz CT molecular complexity index is 1260. The maximum absolute atomic E-state index is 13.7. The third-order valence-corrected chi connectivity index (χ3v) is 10.1. The van der Waals surface area contributed by atoms with Crippen molar-refractivity contribution in [2.75, 3.05) is 13.1 Å². The molecule has 0 saturated heterocycles. The van der Waals surface area contributed by atoms with Crippen molar-refractivity contribution >= 4 is 40.1 Å². The fourth-order valence-corrected chi connectivity index (χ4v) is 6.87. The third-order valence-electron chi connectivity index (χ3n) is 7.35. The Morgan fingerprint density at radius 2 is 1.89 bits per heavy atom. The van der Waals surface area contributed by atoms with Gasteiger partial charge in [-0.05, 0) is 57.2 Å². The van der Waals surface area contributed by atoms with Crippen LogP contribution in [-0.2, 0) is 28.7 Å². The number of nitrogens with zero attached hydrogens (tertiary/aromatic N) is 3. The number of nitrogens with two attached hydrogens (primary N) is 1. The average Bonchev–Trinajstić information content (AvgIpc) is 3.78. The molecule has 1 aromatic carbocycles. The van der Waals surface area contributed by atoms with Gasteiger partial charge in [0.05, 0.1) is 10.4 Å². The number of rotatable bonds is 9. The van der Waals surface area contributed by atoms with Crippen LogP contribution in [0.2, 0.25) is 5.02 Å². The first-order chi connectivity index (χ1) is 17.0. The normalized spacial score (nSPS) is 19.5. The number of primary amides is 1. The minimum absolute atomic E-state index is 0.172. The van der Waals surface area contributed by atoms with E-state index in [9.17, 15) is 18.6 Å². The predicted molar refractivity (Wildman–Crippen MR) is 136 cm³/mol. The molecule has 11 heteroatoms. The van der Waals surface area contributed by atoms with Gasteiger partial charge in [0.2, 0.25) is 5.91 Å². The van der Waals surface area contributed by atoms with Gasteiger partial charge in [0.1, 0.15) is 10.4 Å². The molecular weight excluding hydrogens is 502 g/mol. The van der Waals surface area contributed by atoms with Gasteiger partial charge < -0.3 is 20.5 Å². The second-order valence-electron chi connectivity index (χ2n) is 10.5. The molecule has 2 aliphatic carbocycles. The SMILES string of the molecule is CC(C)(C(N)=O)S(=O)C1(CN2CCn3c(C(=O)NCc4ccc(Cl)cc4)nc(C4CC4)c3C2=O)CC1. The zero-order valence-corrected chi connectivity index (χ0v) is 22.0.